The number of hydrogen-bond donors (Lipinski definition) is 2. The van der Waals surface area contributed by atoms with Crippen molar-refractivity contribution in [1.82, 2.24) is 8.87 Å². The van der Waals surface area contributed by atoms with Crippen molar-refractivity contribution in [2.45, 2.75) is 5.03 Å². The third kappa shape index (κ3) is 3.10. The molecule has 2 rings (SSSR count). The van der Waals surface area contributed by atoms with E-state index in [1.807, 2.05) is 0 Å². The van der Waals surface area contributed by atoms with Crippen molar-refractivity contribution in [3.8, 4) is 0 Å². The Labute approximate surface area is 123 Å². The number of aromatic carboxylic acids is 1. The van der Waals surface area contributed by atoms with Gasteiger partial charge in [0.1, 0.15) is 6.54 Å². The highest BCUT2D eigenvalue weighted by Crippen LogP contribution is 2.18. The average Bonchev–Trinajstić information content (AvgIpc) is 2.82. The minimum atomic E-state index is -3.71. The van der Waals surface area contributed by atoms with Gasteiger partial charge in [0.15, 0.2) is 5.03 Å². The number of aliphatic hydroxyl groups is 1. The van der Waals surface area contributed by atoms with Crippen LogP contribution >= 0.6 is 0 Å². The van der Waals surface area contributed by atoms with E-state index in [1.54, 1.807) is 0 Å². The summed E-state index contributed by atoms with van der Waals surface area (Å²) in [7, 11) is -2.32. The van der Waals surface area contributed by atoms with Crippen LogP contribution in [0.2, 0.25) is 0 Å². The first-order valence-corrected chi connectivity index (χ1v) is 8.13. The number of carbonyl (C=O) groups is 1. The molecule has 9 heteroatoms. The lowest BCUT2D eigenvalue weighted by molar-refractivity contribution is -0.904. The molecule has 0 atom stereocenters. The molecule has 0 aliphatic carbocycles. The number of piperazine rings is 1. The fraction of sp³-hybridized carbons (Fsp3) is 0.583. The second-order valence-electron chi connectivity index (χ2n) is 5.03. The molecule has 21 heavy (non-hydrogen) atoms. The topological polar surface area (TPSA) is 107 Å². The molecule has 0 bridgehead atoms. The summed E-state index contributed by atoms with van der Waals surface area (Å²) in [5.41, 5.74) is -0.168. The van der Waals surface area contributed by atoms with Gasteiger partial charge in [-0.1, -0.05) is 0 Å². The Hall–Kier alpha value is -1.42. The fourth-order valence-corrected chi connectivity index (χ4v) is 4.15. The zero-order valence-corrected chi connectivity index (χ0v) is 12.6. The highest BCUT2D eigenvalue weighted by atomic mass is 32.2. The number of carboxylic acids is 1. The minimum absolute atomic E-state index is 0.0488. The van der Waals surface area contributed by atoms with E-state index < -0.39 is 16.0 Å². The molecule has 2 heterocycles. The number of hydrogen-bond acceptors (Lipinski definition) is 5. The Kier molecular flexibility index (Phi) is 4.67. The number of carbonyl (C=O) groups excluding carboxylic acids is 1. The number of aliphatic hydroxyl groups excluding tert-OH is 1. The third-order valence-corrected chi connectivity index (χ3v) is 5.77. The van der Waals surface area contributed by atoms with Crippen LogP contribution < -0.4 is 10.0 Å². The summed E-state index contributed by atoms with van der Waals surface area (Å²) in [6.45, 7) is 2.63. The Morgan fingerprint density at radius 1 is 1.38 bits per heavy atom. The van der Waals surface area contributed by atoms with E-state index in [1.165, 1.54) is 23.5 Å². The first-order chi connectivity index (χ1) is 9.87. The predicted molar refractivity (Wildman–Crippen MR) is 71.2 cm³/mol. The molecule has 0 aromatic carbocycles. The highest BCUT2D eigenvalue weighted by Gasteiger charge is 2.32. The lowest BCUT2D eigenvalue weighted by Crippen LogP contribution is -3.15. The summed E-state index contributed by atoms with van der Waals surface area (Å²) >= 11 is 0. The highest BCUT2D eigenvalue weighted by molar-refractivity contribution is 7.89. The van der Waals surface area contributed by atoms with Gasteiger partial charge in [0, 0.05) is 7.05 Å². The molecule has 0 unspecified atom stereocenters. The maximum Gasteiger partial charge on any atom is 0.259 e. The quantitative estimate of drug-likeness (QED) is 0.581. The van der Waals surface area contributed by atoms with E-state index in [9.17, 15) is 18.3 Å². The zero-order chi connectivity index (χ0) is 15.6. The van der Waals surface area contributed by atoms with Gasteiger partial charge in [-0.25, -0.2) is 8.42 Å². The maximum atomic E-state index is 12.5. The van der Waals surface area contributed by atoms with Crippen LogP contribution in [0.15, 0.2) is 17.2 Å². The summed E-state index contributed by atoms with van der Waals surface area (Å²) in [5.74, 6) is -1.41. The van der Waals surface area contributed by atoms with E-state index in [-0.39, 0.29) is 17.3 Å². The van der Waals surface area contributed by atoms with Crippen LogP contribution in [0.3, 0.4) is 0 Å². The van der Waals surface area contributed by atoms with Crippen molar-refractivity contribution in [1.29, 1.82) is 0 Å². The molecular formula is C12H19N3O5S. The van der Waals surface area contributed by atoms with Crippen molar-refractivity contribution in [3.05, 3.63) is 17.8 Å². The van der Waals surface area contributed by atoms with Crippen LogP contribution in [-0.4, -0.2) is 67.7 Å². The van der Waals surface area contributed by atoms with Gasteiger partial charge in [0.2, 0.25) is 0 Å². The van der Waals surface area contributed by atoms with Crippen molar-refractivity contribution in [2.24, 2.45) is 7.05 Å². The van der Waals surface area contributed by atoms with Gasteiger partial charge in [0.25, 0.3) is 10.0 Å². The average molecular weight is 317 g/mol. The standard InChI is InChI=1S/C12H19N3O5S/c1-13-10(12(17)18)2-3-11(13)21(19,20)15-6-4-14(5-7-15)8-9-16/h2-3,16H,4-9H2,1H3,(H,17,18). The molecule has 0 saturated carbocycles. The van der Waals surface area contributed by atoms with Gasteiger partial charge >= 0.3 is 0 Å². The Morgan fingerprint density at radius 3 is 2.48 bits per heavy atom. The largest absolute Gasteiger partial charge is 0.543 e. The Bertz CT molecular complexity index is 617. The van der Waals surface area contributed by atoms with Crippen LogP contribution in [0.4, 0.5) is 0 Å². The minimum Gasteiger partial charge on any atom is -0.543 e. The molecule has 1 aliphatic rings. The maximum absolute atomic E-state index is 12.5. The lowest BCUT2D eigenvalue weighted by Gasteiger charge is -2.31. The van der Waals surface area contributed by atoms with Crippen LogP contribution in [-0.2, 0) is 17.1 Å². The number of rotatable bonds is 5. The second-order valence-corrected chi connectivity index (χ2v) is 6.92. The van der Waals surface area contributed by atoms with E-state index >= 15 is 0 Å². The molecule has 1 aromatic rings. The molecule has 118 valence electrons. The molecule has 1 fully saturated rings. The van der Waals surface area contributed by atoms with Crippen LogP contribution in [0.25, 0.3) is 0 Å². The normalized spacial score (nSPS) is 18.0. The SMILES string of the molecule is Cn1c(C(=O)[O-])ccc1S(=O)(=O)N1CC[NH+](CCO)CC1. The summed E-state index contributed by atoms with van der Waals surface area (Å²) < 4.78 is 27.6. The molecule has 8 nitrogen and oxygen atoms in total. The number of nitrogens with zero attached hydrogens (tertiary/aromatic N) is 2. The van der Waals surface area contributed by atoms with E-state index in [2.05, 4.69) is 0 Å². The Balaban J connectivity index is 2.18. The second kappa shape index (κ2) is 6.14. The zero-order valence-electron chi connectivity index (χ0n) is 11.8. The number of quaternary nitrogens is 1. The number of aromatic nitrogens is 1. The van der Waals surface area contributed by atoms with Gasteiger partial charge in [-0.2, -0.15) is 4.31 Å². The summed E-state index contributed by atoms with van der Waals surface area (Å²) in [5, 5.41) is 19.7. The molecule has 0 radical (unpaired) electrons. The predicted octanol–water partition coefficient (Wildman–Crippen LogP) is -3.73. The van der Waals surface area contributed by atoms with Crippen molar-refractivity contribution in [3.63, 3.8) is 0 Å². The summed E-state index contributed by atoms with van der Waals surface area (Å²) in [6.07, 6.45) is 0. The van der Waals surface area contributed by atoms with Gasteiger partial charge in [-0.15, -0.1) is 0 Å². The molecule has 0 amide bonds. The third-order valence-electron chi connectivity index (χ3n) is 3.78. The molecule has 1 aliphatic heterocycles. The van der Waals surface area contributed by atoms with E-state index in [0.717, 1.165) is 9.47 Å². The molecule has 0 spiro atoms. The lowest BCUT2D eigenvalue weighted by atomic mass is 10.4. The molecular weight excluding hydrogens is 298 g/mol. The van der Waals surface area contributed by atoms with Gasteiger partial charge in [-0.3, -0.25) is 0 Å². The molecule has 1 saturated heterocycles. The number of nitrogens with one attached hydrogen (secondary N) is 1. The first-order valence-electron chi connectivity index (χ1n) is 6.69. The fourth-order valence-electron chi connectivity index (χ4n) is 2.54. The first kappa shape index (κ1) is 16.0. The summed E-state index contributed by atoms with van der Waals surface area (Å²) in [6, 6.07) is 2.52. The van der Waals surface area contributed by atoms with Gasteiger partial charge in [0.05, 0.1) is 44.4 Å². The molecule has 2 N–H and O–H groups in total. The van der Waals surface area contributed by atoms with Gasteiger partial charge < -0.3 is 24.5 Å². The van der Waals surface area contributed by atoms with Crippen LogP contribution in [0.5, 0.6) is 0 Å². The summed E-state index contributed by atoms with van der Waals surface area (Å²) in [4.78, 5) is 12.0. The van der Waals surface area contributed by atoms with Crippen molar-refractivity contribution in [2.75, 3.05) is 39.3 Å². The van der Waals surface area contributed by atoms with Crippen LogP contribution in [0.1, 0.15) is 10.5 Å². The number of sulfonamides is 1. The molecule has 1 aromatic heterocycles. The van der Waals surface area contributed by atoms with E-state index in [4.69, 9.17) is 5.11 Å². The van der Waals surface area contributed by atoms with E-state index in [0.29, 0.717) is 32.7 Å². The van der Waals surface area contributed by atoms with Gasteiger partial charge in [-0.05, 0) is 12.1 Å². The number of carboxylic acid groups (broad SMARTS) is 1. The smallest absolute Gasteiger partial charge is 0.259 e. The monoisotopic (exact) mass is 317 g/mol. The van der Waals surface area contributed by atoms with Crippen LogP contribution in [0, 0.1) is 0 Å². The van der Waals surface area contributed by atoms with Crippen molar-refractivity contribution < 1.29 is 28.3 Å². The Morgan fingerprint density at radius 2 is 2.00 bits per heavy atom. The van der Waals surface area contributed by atoms with Crippen molar-refractivity contribution >= 4 is 16.0 Å².